The van der Waals surface area contributed by atoms with Gasteiger partial charge >= 0.3 is 6.09 Å². The van der Waals surface area contributed by atoms with Gasteiger partial charge in [0.15, 0.2) is 0 Å². The largest absolute Gasteiger partial charge is 0.442 e. The van der Waals surface area contributed by atoms with Crippen LogP contribution in [0.2, 0.25) is 0 Å². The topological polar surface area (TPSA) is 50.6 Å². The van der Waals surface area contributed by atoms with E-state index in [1.807, 2.05) is 16.5 Å². The van der Waals surface area contributed by atoms with E-state index >= 15 is 0 Å². The Kier molecular flexibility index (Phi) is 5.35. The number of likely N-dealkylation sites (tertiary alicyclic amines) is 1. The number of halogens is 1. The lowest BCUT2D eigenvalue weighted by atomic mass is 10.1. The summed E-state index contributed by atoms with van der Waals surface area (Å²) in [6.07, 6.45) is 3.58. The molecule has 2 fully saturated rings. The number of ether oxygens (including phenoxy) is 1. The second-order valence-corrected chi connectivity index (χ2v) is 7.76. The molecule has 150 valence electrons. The highest BCUT2D eigenvalue weighted by molar-refractivity contribution is 5.71. The van der Waals surface area contributed by atoms with Gasteiger partial charge in [-0.2, -0.15) is 5.10 Å². The van der Waals surface area contributed by atoms with Crippen LogP contribution in [-0.4, -0.2) is 57.5 Å². The van der Waals surface area contributed by atoms with Crippen LogP contribution in [0.3, 0.4) is 0 Å². The summed E-state index contributed by atoms with van der Waals surface area (Å²) >= 11 is 0. The molecule has 1 aromatic carbocycles. The van der Waals surface area contributed by atoms with E-state index in [1.165, 1.54) is 17.7 Å². The normalized spacial score (nSPS) is 22.0. The predicted molar refractivity (Wildman–Crippen MR) is 103 cm³/mol. The molecule has 6 nitrogen and oxygen atoms in total. The van der Waals surface area contributed by atoms with Crippen molar-refractivity contribution < 1.29 is 13.9 Å². The third-order valence-electron chi connectivity index (χ3n) is 5.65. The Morgan fingerprint density at radius 1 is 1.21 bits per heavy atom. The smallest absolute Gasteiger partial charge is 0.410 e. The number of carbonyl (C=O) groups excluding carboxylic acids is 1. The molecule has 2 atom stereocenters. The lowest BCUT2D eigenvalue weighted by Crippen LogP contribution is -2.39. The Morgan fingerprint density at radius 2 is 2.00 bits per heavy atom. The summed E-state index contributed by atoms with van der Waals surface area (Å²) in [6, 6.07) is 6.54. The van der Waals surface area contributed by atoms with Crippen molar-refractivity contribution in [3.05, 3.63) is 53.1 Å². The van der Waals surface area contributed by atoms with E-state index < -0.39 is 0 Å². The van der Waals surface area contributed by atoms with Crippen molar-refractivity contribution in [3.63, 3.8) is 0 Å². The van der Waals surface area contributed by atoms with Crippen LogP contribution in [0.15, 0.2) is 30.5 Å². The summed E-state index contributed by atoms with van der Waals surface area (Å²) in [5.41, 5.74) is 3.32. The lowest BCUT2D eigenvalue weighted by molar-refractivity contribution is 0.120. The highest BCUT2D eigenvalue weighted by Gasteiger charge is 2.47. The van der Waals surface area contributed by atoms with Crippen molar-refractivity contribution >= 4 is 6.09 Å². The van der Waals surface area contributed by atoms with Gasteiger partial charge in [-0.3, -0.25) is 14.5 Å². The zero-order chi connectivity index (χ0) is 19.7. The maximum atomic E-state index is 13.1. The van der Waals surface area contributed by atoms with Crippen LogP contribution in [0.5, 0.6) is 0 Å². The molecule has 0 saturated carbocycles. The number of hydrogen-bond acceptors (Lipinski definition) is 4. The van der Waals surface area contributed by atoms with E-state index in [2.05, 4.69) is 23.1 Å². The molecular weight excluding hydrogens is 359 g/mol. The number of aromatic nitrogens is 2. The first-order valence-corrected chi connectivity index (χ1v) is 10.0. The molecule has 0 N–H and O–H groups in total. The number of hydrogen-bond donors (Lipinski definition) is 0. The second kappa shape index (κ2) is 7.91. The molecule has 0 aliphatic carbocycles. The molecule has 1 amide bonds. The molecule has 2 aliphatic rings. The van der Waals surface area contributed by atoms with Crippen molar-refractivity contribution in [1.29, 1.82) is 0 Å². The first-order chi connectivity index (χ1) is 13.5. The molecular formula is C21H27FN4O2. The molecule has 0 radical (unpaired) electrons. The van der Waals surface area contributed by atoms with Crippen molar-refractivity contribution in [2.45, 2.75) is 51.9 Å². The number of fused-ring (bicyclic) bond motifs is 1. The van der Waals surface area contributed by atoms with E-state index in [0.29, 0.717) is 13.0 Å². The van der Waals surface area contributed by atoms with E-state index in [0.717, 1.165) is 43.9 Å². The third kappa shape index (κ3) is 3.90. The molecule has 4 rings (SSSR count). The van der Waals surface area contributed by atoms with E-state index in [-0.39, 0.29) is 24.1 Å². The fourth-order valence-electron chi connectivity index (χ4n) is 4.17. The third-order valence-corrected chi connectivity index (χ3v) is 5.65. The second-order valence-electron chi connectivity index (χ2n) is 7.76. The summed E-state index contributed by atoms with van der Waals surface area (Å²) in [6.45, 7) is 8.10. The van der Waals surface area contributed by atoms with Gasteiger partial charge in [-0.15, -0.1) is 0 Å². The van der Waals surface area contributed by atoms with Crippen LogP contribution in [-0.2, 0) is 24.2 Å². The monoisotopic (exact) mass is 386 g/mol. The van der Waals surface area contributed by atoms with Crippen molar-refractivity contribution in [2.24, 2.45) is 0 Å². The van der Waals surface area contributed by atoms with Crippen molar-refractivity contribution in [2.75, 3.05) is 19.6 Å². The fraction of sp³-hybridized carbons (Fsp3) is 0.524. The zero-order valence-electron chi connectivity index (χ0n) is 16.5. The number of benzene rings is 1. The van der Waals surface area contributed by atoms with E-state index in [1.54, 1.807) is 12.1 Å². The van der Waals surface area contributed by atoms with E-state index in [4.69, 9.17) is 4.74 Å². The maximum Gasteiger partial charge on any atom is 0.410 e. The Hall–Kier alpha value is -2.41. The van der Waals surface area contributed by atoms with E-state index in [9.17, 15) is 9.18 Å². The number of amides is 1. The van der Waals surface area contributed by atoms with Gasteiger partial charge in [0.1, 0.15) is 11.9 Å². The van der Waals surface area contributed by atoms with Gasteiger partial charge in [-0.1, -0.05) is 19.1 Å². The Labute approximate surface area is 164 Å². The average molecular weight is 386 g/mol. The minimum absolute atomic E-state index is 0.0771. The van der Waals surface area contributed by atoms with Gasteiger partial charge < -0.3 is 4.74 Å². The minimum Gasteiger partial charge on any atom is -0.442 e. The summed E-state index contributed by atoms with van der Waals surface area (Å²) in [7, 11) is 0. The molecule has 7 heteroatoms. The molecule has 0 spiro atoms. The van der Waals surface area contributed by atoms with Crippen LogP contribution in [0.25, 0.3) is 0 Å². The predicted octanol–water partition coefficient (Wildman–Crippen LogP) is 2.99. The summed E-state index contributed by atoms with van der Waals surface area (Å²) in [5, 5.41) is 4.58. The summed E-state index contributed by atoms with van der Waals surface area (Å²) in [4.78, 5) is 16.4. The van der Waals surface area contributed by atoms with Crippen molar-refractivity contribution in [1.82, 2.24) is 19.6 Å². The van der Waals surface area contributed by atoms with Gasteiger partial charge in [-0.25, -0.2) is 9.18 Å². The number of nitrogens with zero attached hydrogens (tertiary/aromatic N) is 4. The van der Waals surface area contributed by atoms with Crippen LogP contribution < -0.4 is 0 Å². The Bertz CT molecular complexity index is 835. The van der Waals surface area contributed by atoms with Crippen LogP contribution in [0.4, 0.5) is 9.18 Å². The fourth-order valence-corrected chi connectivity index (χ4v) is 4.17. The SMILES string of the molecule is CCCn1cc(CN2C[C@H]3OC(=O)N(CCc4ccc(F)cc4)[C@H]3C2)c(C)n1. The highest BCUT2D eigenvalue weighted by atomic mass is 19.1. The first kappa shape index (κ1) is 18.9. The molecule has 0 bridgehead atoms. The maximum absolute atomic E-state index is 13.1. The van der Waals surface area contributed by atoms with Gasteiger partial charge in [-0.05, 0) is 37.5 Å². The van der Waals surface area contributed by atoms with Crippen LogP contribution in [0.1, 0.15) is 30.2 Å². The number of carbonyl (C=O) groups is 1. The van der Waals surface area contributed by atoms with Gasteiger partial charge in [0, 0.05) is 44.5 Å². The molecule has 2 aliphatic heterocycles. The minimum atomic E-state index is -0.242. The number of rotatable bonds is 7. The Morgan fingerprint density at radius 3 is 2.75 bits per heavy atom. The van der Waals surface area contributed by atoms with Crippen LogP contribution >= 0.6 is 0 Å². The van der Waals surface area contributed by atoms with Crippen LogP contribution in [0, 0.1) is 12.7 Å². The molecule has 2 aromatic rings. The molecule has 2 saturated heterocycles. The standard InChI is InChI=1S/C21H27FN4O2/c1-3-9-25-12-17(15(2)23-25)11-24-13-19-20(14-24)28-21(27)26(19)10-8-16-4-6-18(22)7-5-16/h4-7,12,19-20H,3,8-11,13-14H2,1-2H3/t19-,20+/m0/s1. The average Bonchev–Trinajstić information content (AvgIpc) is 3.28. The number of aryl methyl sites for hydroxylation is 2. The van der Waals surface area contributed by atoms with Crippen molar-refractivity contribution in [3.8, 4) is 0 Å². The molecule has 28 heavy (non-hydrogen) atoms. The highest BCUT2D eigenvalue weighted by Crippen LogP contribution is 2.28. The molecule has 3 heterocycles. The van der Waals surface area contributed by atoms with Gasteiger partial charge in [0.25, 0.3) is 0 Å². The zero-order valence-corrected chi connectivity index (χ0v) is 16.5. The Balaban J connectivity index is 1.36. The quantitative estimate of drug-likeness (QED) is 0.734. The summed E-state index contributed by atoms with van der Waals surface area (Å²) in [5.74, 6) is -0.242. The molecule has 1 aromatic heterocycles. The first-order valence-electron chi connectivity index (χ1n) is 10.0. The van der Waals surface area contributed by atoms with Gasteiger partial charge in [0.2, 0.25) is 0 Å². The summed E-state index contributed by atoms with van der Waals surface area (Å²) < 4.78 is 20.7. The van der Waals surface area contributed by atoms with Gasteiger partial charge in [0.05, 0.1) is 11.7 Å². The lowest BCUT2D eigenvalue weighted by Gasteiger charge is -2.22. The molecule has 0 unspecified atom stereocenters.